The van der Waals surface area contributed by atoms with Crippen LogP contribution in [0.4, 0.5) is 0 Å². The van der Waals surface area contributed by atoms with Crippen molar-refractivity contribution in [3.63, 3.8) is 0 Å². The molecule has 1 aromatic heterocycles. The van der Waals surface area contributed by atoms with Crippen molar-refractivity contribution >= 4 is 27.3 Å². The second kappa shape index (κ2) is 3.72. The van der Waals surface area contributed by atoms with Crippen molar-refractivity contribution in [2.75, 3.05) is 13.2 Å². The third-order valence-electron chi connectivity index (χ3n) is 1.64. The number of thiazole rings is 1. The topological polar surface area (TPSA) is 31.4 Å². The number of rotatable bonds is 3. The summed E-state index contributed by atoms with van der Waals surface area (Å²) in [7, 11) is 0. The van der Waals surface area contributed by atoms with E-state index in [4.69, 9.17) is 9.47 Å². The molecule has 1 atom stereocenters. The lowest BCUT2D eigenvalue weighted by molar-refractivity contribution is -0.0721. The molecule has 2 rings (SSSR count). The Labute approximate surface area is 82.8 Å². The first-order valence-corrected chi connectivity index (χ1v) is 5.37. The Morgan fingerprint density at radius 3 is 3.17 bits per heavy atom. The van der Waals surface area contributed by atoms with Crippen molar-refractivity contribution in [2.45, 2.75) is 12.5 Å². The lowest BCUT2D eigenvalue weighted by Gasteiger charge is -2.25. The number of hydrogen-bond acceptors (Lipinski definition) is 4. The van der Waals surface area contributed by atoms with Gasteiger partial charge >= 0.3 is 0 Å². The molecular formula is C7H8BrNO2S. The van der Waals surface area contributed by atoms with Gasteiger partial charge < -0.3 is 9.47 Å². The molecule has 0 aromatic carbocycles. The van der Waals surface area contributed by atoms with Gasteiger partial charge in [-0.1, -0.05) is 11.3 Å². The molecule has 2 heterocycles. The van der Waals surface area contributed by atoms with E-state index in [9.17, 15) is 0 Å². The van der Waals surface area contributed by atoms with E-state index in [0.717, 1.165) is 17.6 Å². The highest BCUT2D eigenvalue weighted by Gasteiger charge is 2.18. The van der Waals surface area contributed by atoms with Gasteiger partial charge in [-0.2, -0.15) is 4.98 Å². The first kappa shape index (κ1) is 8.47. The second-order valence-electron chi connectivity index (χ2n) is 2.53. The Hall–Kier alpha value is -0.130. The molecule has 0 amide bonds. The van der Waals surface area contributed by atoms with Crippen LogP contribution in [-0.2, 0) is 4.74 Å². The van der Waals surface area contributed by atoms with Gasteiger partial charge in [0.25, 0.3) is 5.19 Å². The van der Waals surface area contributed by atoms with Crippen LogP contribution in [0.2, 0.25) is 0 Å². The summed E-state index contributed by atoms with van der Waals surface area (Å²) >= 11 is 4.75. The fraction of sp³-hybridized carbons (Fsp3) is 0.571. The first-order chi connectivity index (χ1) is 5.84. The van der Waals surface area contributed by atoms with Crippen molar-refractivity contribution in [3.8, 4) is 5.19 Å². The van der Waals surface area contributed by atoms with Gasteiger partial charge in [-0.25, -0.2) is 0 Å². The van der Waals surface area contributed by atoms with Crippen LogP contribution in [0.5, 0.6) is 5.19 Å². The van der Waals surface area contributed by atoms with Gasteiger partial charge in [-0.3, -0.25) is 0 Å². The average Bonchev–Trinajstić information content (AvgIpc) is 2.32. The molecule has 3 nitrogen and oxygen atoms in total. The van der Waals surface area contributed by atoms with Crippen LogP contribution in [0.25, 0.3) is 0 Å². The highest BCUT2D eigenvalue weighted by atomic mass is 79.9. The van der Waals surface area contributed by atoms with E-state index in [2.05, 4.69) is 20.9 Å². The van der Waals surface area contributed by atoms with Gasteiger partial charge in [0.2, 0.25) is 0 Å². The zero-order chi connectivity index (χ0) is 8.39. The maximum Gasteiger partial charge on any atom is 0.274 e. The molecule has 12 heavy (non-hydrogen) atoms. The normalized spacial score (nSPS) is 21.9. The largest absolute Gasteiger partial charge is 0.467 e. The number of ether oxygens (including phenoxy) is 2. The van der Waals surface area contributed by atoms with Crippen LogP contribution in [0, 0.1) is 0 Å². The molecular weight excluding hydrogens is 242 g/mol. The lowest BCUT2D eigenvalue weighted by Crippen LogP contribution is -2.32. The quantitative estimate of drug-likeness (QED) is 0.822. The number of halogens is 1. The molecule has 0 radical (unpaired) electrons. The second-order valence-corrected chi connectivity index (χ2v) is 4.16. The van der Waals surface area contributed by atoms with Crippen molar-refractivity contribution in [2.24, 2.45) is 0 Å². The van der Waals surface area contributed by atoms with E-state index in [-0.39, 0.29) is 6.10 Å². The molecule has 66 valence electrons. The predicted molar refractivity (Wildman–Crippen MR) is 49.7 cm³/mol. The van der Waals surface area contributed by atoms with Crippen molar-refractivity contribution in [1.29, 1.82) is 0 Å². The zero-order valence-electron chi connectivity index (χ0n) is 6.33. The third kappa shape index (κ3) is 1.97. The fourth-order valence-corrected chi connectivity index (χ4v) is 1.98. The van der Waals surface area contributed by atoms with Gasteiger partial charge in [-0.05, 0) is 15.9 Å². The molecule has 1 aliphatic heterocycles. The molecule has 1 aromatic rings. The molecule has 0 bridgehead atoms. The monoisotopic (exact) mass is 249 g/mol. The van der Waals surface area contributed by atoms with Crippen LogP contribution in [0.1, 0.15) is 6.42 Å². The minimum absolute atomic E-state index is 0.285. The molecule has 0 saturated carbocycles. The molecule has 0 spiro atoms. The molecule has 1 aliphatic rings. The van der Waals surface area contributed by atoms with Gasteiger partial charge in [0.05, 0.1) is 6.10 Å². The predicted octanol–water partition coefficient (Wildman–Crippen LogP) is 2.07. The lowest BCUT2D eigenvalue weighted by atomic mass is 10.2. The first-order valence-electron chi connectivity index (χ1n) is 3.70. The maximum absolute atomic E-state index is 5.38. The fourth-order valence-electron chi connectivity index (χ4n) is 0.885. The Morgan fingerprint density at radius 1 is 1.83 bits per heavy atom. The summed E-state index contributed by atoms with van der Waals surface area (Å²) in [5, 5.41) is 2.61. The molecule has 1 saturated heterocycles. The SMILES string of the molecule is Brc1csc(OCC2CCO2)n1. The highest BCUT2D eigenvalue weighted by molar-refractivity contribution is 9.10. The minimum atomic E-state index is 0.285. The molecule has 5 heteroatoms. The van der Waals surface area contributed by atoms with Crippen molar-refractivity contribution < 1.29 is 9.47 Å². The Balaban J connectivity index is 1.79. The number of nitrogens with zero attached hydrogens (tertiary/aromatic N) is 1. The van der Waals surface area contributed by atoms with E-state index in [1.165, 1.54) is 11.3 Å². The van der Waals surface area contributed by atoms with Crippen molar-refractivity contribution in [1.82, 2.24) is 4.98 Å². The molecule has 1 unspecified atom stereocenters. The Kier molecular flexibility index (Phi) is 2.63. The third-order valence-corrected chi connectivity index (χ3v) is 3.10. The summed E-state index contributed by atoms with van der Waals surface area (Å²) in [5.74, 6) is 0. The molecule has 0 aliphatic carbocycles. The van der Waals surface area contributed by atoms with Crippen LogP contribution >= 0.6 is 27.3 Å². The van der Waals surface area contributed by atoms with E-state index in [1.54, 1.807) is 0 Å². The minimum Gasteiger partial charge on any atom is -0.467 e. The van der Waals surface area contributed by atoms with Gasteiger partial charge in [0.1, 0.15) is 11.2 Å². The highest BCUT2D eigenvalue weighted by Crippen LogP contribution is 2.22. The summed E-state index contributed by atoms with van der Waals surface area (Å²) in [6.07, 6.45) is 1.39. The summed E-state index contributed by atoms with van der Waals surface area (Å²) in [5.41, 5.74) is 0. The van der Waals surface area contributed by atoms with Crippen LogP contribution in [0.3, 0.4) is 0 Å². The van der Waals surface area contributed by atoms with E-state index in [1.807, 2.05) is 5.38 Å². The molecule has 0 N–H and O–H groups in total. The summed E-state index contributed by atoms with van der Waals surface area (Å²) in [4.78, 5) is 4.10. The number of hydrogen-bond donors (Lipinski definition) is 0. The summed E-state index contributed by atoms with van der Waals surface area (Å²) < 4.78 is 11.4. The van der Waals surface area contributed by atoms with Gasteiger partial charge in [-0.15, -0.1) is 0 Å². The van der Waals surface area contributed by atoms with E-state index in [0.29, 0.717) is 11.8 Å². The van der Waals surface area contributed by atoms with E-state index >= 15 is 0 Å². The Bertz CT molecular complexity index is 262. The smallest absolute Gasteiger partial charge is 0.274 e. The van der Waals surface area contributed by atoms with Crippen molar-refractivity contribution in [3.05, 3.63) is 9.98 Å². The van der Waals surface area contributed by atoms with E-state index < -0.39 is 0 Å². The summed E-state index contributed by atoms with van der Waals surface area (Å²) in [6.45, 7) is 1.50. The number of aromatic nitrogens is 1. The summed E-state index contributed by atoms with van der Waals surface area (Å²) in [6, 6.07) is 0. The van der Waals surface area contributed by atoms with Crippen LogP contribution < -0.4 is 4.74 Å². The van der Waals surface area contributed by atoms with Crippen LogP contribution in [0.15, 0.2) is 9.98 Å². The van der Waals surface area contributed by atoms with Gasteiger partial charge in [0, 0.05) is 18.4 Å². The Morgan fingerprint density at radius 2 is 2.67 bits per heavy atom. The molecule has 1 fully saturated rings. The zero-order valence-corrected chi connectivity index (χ0v) is 8.73. The van der Waals surface area contributed by atoms with Crippen LogP contribution in [-0.4, -0.2) is 24.3 Å². The van der Waals surface area contributed by atoms with Gasteiger partial charge in [0.15, 0.2) is 0 Å². The average molecular weight is 250 g/mol. The maximum atomic E-state index is 5.38. The standard InChI is InChI=1S/C7H8BrNO2S/c8-6-4-12-7(9-6)11-3-5-1-2-10-5/h4-5H,1-3H2.